The number of hydrogen-bond donors (Lipinski definition) is 2. The summed E-state index contributed by atoms with van der Waals surface area (Å²) < 4.78 is 0. The van der Waals surface area contributed by atoms with Crippen molar-refractivity contribution in [3.8, 4) is 5.75 Å². The maximum absolute atomic E-state index is 12.6. The molecule has 6 heteroatoms. The van der Waals surface area contributed by atoms with Crippen LogP contribution in [0.25, 0.3) is 0 Å². The Bertz CT molecular complexity index is 621. The number of carbonyl (C=O) groups is 2. The van der Waals surface area contributed by atoms with Gasteiger partial charge in [-0.05, 0) is 55.4 Å². The van der Waals surface area contributed by atoms with Crippen molar-refractivity contribution < 1.29 is 19.8 Å². The summed E-state index contributed by atoms with van der Waals surface area (Å²) in [6, 6.07) is 6.37. The van der Waals surface area contributed by atoms with Crippen LogP contribution in [-0.4, -0.2) is 64.6 Å². The normalized spacial score (nSPS) is 20.1. The number of piperidine rings is 2. The van der Waals surface area contributed by atoms with E-state index in [2.05, 4.69) is 0 Å². The van der Waals surface area contributed by atoms with Gasteiger partial charge in [-0.15, -0.1) is 0 Å². The standard InChI is InChI=1S/C19H26N2O4/c22-13-1-10-21-14-19(7-6-17(21)24)8-11-20(12-9-19)18(25)15-2-4-16(23)5-3-15/h2-5,22-23H,1,6-14H2. The number of aliphatic hydroxyl groups excluding tert-OH is 1. The lowest BCUT2D eigenvalue weighted by atomic mass is 9.72. The number of phenolic OH excluding ortho intramolecular Hbond substituents is 1. The molecule has 6 nitrogen and oxygen atoms in total. The van der Waals surface area contributed by atoms with Crippen LogP contribution in [0.15, 0.2) is 24.3 Å². The Labute approximate surface area is 148 Å². The zero-order valence-corrected chi connectivity index (χ0v) is 14.5. The monoisotopic (exact) mass is 346 g/mol. The fourth-order valence-electron chi connectivity index (χ4n) is 3.95. The molecule has 1 aromatic rings. The van der Waals surface area contributed by atoms with Crippen molar-refractivity contribution in [3.63, 3.8) is 0 Å². The van der Waals surface area contributed by atoms with Gasteiger partial charge in [0.1, 0.15) is 5.75 Å². The number of aliphatic hydroxyl groups is 1. The summed E-state index contributed by atoms with van der Waals surface area (Å²) in [6.45, 7) is 2.86. The third kappa shape index (κ3) is 3.95. The highest BCUT2D eigenvalue weighted by atomic mass is 16.3. The van der Waals surface area contributed by atoms with E-state index >= 15 is 0 Å². The van der Waals surface area contributed by atoms with Crippen LogP contribution in [0.2, 0.25) is 0 Å². The Morgan fingerprint density at radius 1 is 1.12 bits per heavy atom. The van der Waals surface area contributed by atoms with E-state index in [-0.39, 0.29) is 29.6 Å². The van der Waals surface area contributed by atoms with Gasteiger partial charge in [-0.25, -0.2) is 0 Å². The third-order valence-electron chi connectivity index (χ3n) is 5.56. The molecule has 3 rings (SSSR count). The summed E-state index contributed by atoms with van der Waals surface area (Å²) in [5.74, 6) is 0.338. The van der Waals surface area contributed by atoms with Crippen molar-refractivity contribution in [2.75, 3.05) is 32.8 Å². The van der Waals surface area contributed by atoms with Gasteiger partial charge in [0.15, 0.2) is 0 Å². The SMILES string of the molecule is O=C1CCC2(CCN(C(=O)c3ccc(O)cc3)CC2)CN1CCCO. The van der Waals surface area contributed by atoms with E-state index in [9.17, 15) is 14.7 Å². The predicted octanol–water partition coefficient (Wildman–Crippen LogP) is 1.62. The Hall–Kier alpha value is -2.08. The van der Waals surface area contributed by atoms with Crippen LogP contribution in [-0.2, 0) is 4.79 Å². The molecule has 25 heavy (non-hydrogen) atoms. The van der Waals surface area contributed by atoms with Crippen LogP contribution in [0.4, 0.5) is 0 Å². The van der Waals surface area contributed by atoms with Gasteiger partial charge in [0.2, 0.25) is 5.91 Å². The number of benzene rings is 1. The van der Waals surface area contributed by atoms with Crippen LogP contribution in [0.5, 0.6) is 5.75 Å². The smallest absolute Gasteiger partial charge is 0.253 e. The van der Waals surface area contributed by atoms with E-state index < -0.39 is 0 Å². The van der Waals surface area contributed by atoms with Gasteiger partial charge in [-0.1, -0.05) is 0 Å². The second-order valence-corrected chi connectivity index (χ2v) is 7.23. The van der Waals surface area contributed by atoms with Gasteiger partial charge in [0, 0.05) is 44.8 Å². The number of likely N-dealkylation sites (tertiary alicyclic amines) is 2. The molecule has 2 aliphatic rings. The number of hydrogen-bond acceptors (Lipinski definition) is 4. The van der Waals surface area contributed by atoms with E-state index in [4.69, 9.17) is 5.11 Å². The second-order valence-electron chi connectivity index (χ2n) is 7.23. The summed E-state index contributed by atoms with van der Waals surface area (Å²) in [7, 11) is 0. The van der Waals surface area contributed by atoms with E-state index in [0.717, 1.165) is 25.8 Å². The van der Waals surface area contributed by atoms with Crippen LogP contribution in [0.3, 0.4) is 0 Å². The van der Waals surface area contributed by atoms with Crippen molar-refractivity contribution in [1.29, 1.82) is 0 Å². The summed E-state index contributed by atoms with van der Waals surface area (Å²) in [5.41, 5.74) is 0.701. The molecule has 0 aromatic heterocycles. The molecule has 2 N–H and O–H groups in total. The molecular formula is C19H26N2O4. The van der Waals surface area contributed by atoms with Crippen LogP contribution in [0.1, 0.15) is 42.5 Å². The lowest BCUT2D eigenvalue weighted by molar-refractivity contribution is -0.139. The van der Waals surface area contributed by atoms with Gasteiger partial charge in [-0.2, -0.15) is 0 Å². The molecule has 1 aromatic carbocycles. The van der Waals surface area contributed by atoms with Gasteiger partial charge < -0.3 is 20.0 Å². The first-order valence-electron chi connectivity index (χ1n) is 9.00. The topological polar surface area (TPSA) is 81.1 Å². The van der Waals surface area contributed by atoms with Gasteiger partial charge in [-0.3, -0.25) is 9.59 Å². The van der Waals surface area contributed by atoms with E-state index in [0.29, 0.717) is 38.0 Å². The molecular weight excluding hydrogens is 320 g/mol. The molecule has 0 atom stereocenters. The number of nitrogens with zero attached hydrogens (tertiary/aromatic N) is 2. The Kier molecular flexibility index (Phi) is 5.27. The van der Waals surface area contributed by atoms with Crippen molar-refractivity contribution in [2.45, 2.75) is 32.1 Å². The average Bonchev–Trinajstić information content (AvgIpc) is 2.63. The maximum Gasteiger partial charge on any atom is 0.253 e. The first-order valence-corrected chi connectivity index (χ1v) is 9.00. The van der Waals surface area contributed by atoms with Gasteiger partial charge in [0.25, 0.3) is 5.91 Å². The highest BCUT2D eigenvalue weighted by Gasteiger charge is 2.41. The molecule has 2 amide bonds. The molecule has 0 bridgehead atoms. The molecule has 2 aliphatic heterocycles. The number of rotatable bonds is 4. The molecule has 0 radical (unpaired) electrons. The molecule has 0 aliphatic carbocycles. The quantitative estimate of drug-likeness (QED) is 0.868. The minimum atomic E-state index is -0.00104. The molecule has 2 fully saturated rings. The first kappa shape index (κ1) is 17.7. The number of phenols is 1. The molecule has 1 spiro atoms. The highest BCUT2D eigenvalue weighted by molar-refractivity contribution is 5.94. The minimum Gasteiger partial charge on any atom is -0.508 e. The Morgan fingerprint density at radius 3 is 2.44 bits per heavy atom. The molecule has 0 unspecified atom stereocenters. The maximum atomic E-state index is 12.6. The average molecular weight is 346 g/mol. The Balaban J connectivity index is 1.60. The second kappa shape index (κ2) is 7.44. The van der Waals surface area contributed by atoms with Crippen molar-refractivity contribution in [2.24, 2.45) is 5.41 Å². The van der Waals surface area contributed by atoms with E-state index in [1.165, 1.54) is 12.1 Å². The zero-order chi connectivity index (χ0) is 17.9. The lowest BCUT2D eigenvalue weighted by Gasteiger charge is -2.47. The van der Waals surface area contributed by atoms with Gasteiger partial charge in [0.05, 0.1) is 0 Å². The fourth-order valence-corrected chi connectivity index (χ4v) is 3.95. The van der Waals surface area contributed by atoms with E-state index in [1.54, 1.807) is 12.1 Å². The number of amides is 2. The predicted molar refractivity (Wildman–Crippen MR) is 93.2 cm³/mol. The fraction of sp³-hybridized carbons (Fsp3) is 0.579. The zero-order valence-electron chi connectivity index (χ0n) is 14.5. The molecule has 2 saturated heterocycles. The van der Waals surface area contributed by atoms with Crippen molar-refractivity contribution in [1.82, 2.24) is 9.80 Å². The van der Waals surface area contributed by atoms with Crippen molar-refractivity contribution in [3.05, 3.63) is 29.8 Å². The lowest BCUT2D eigenvalue weighted by Crippen LogP contribution is -2.52. The first-order chi connectivity index (χ1) is 12.0. The van der Waals surface area contributed by atoms with Gasteiger partial charge >= 0.3 is 0 Å². The summed E-state index contributed by atoms with van der Waals surface area (Å²) in [6.07, 6.45) is 3.88. The third-order valence-corrected chi connectivity index (χ3v) is 5.56. The van der Waals surface area contributed by atoms with E-state index in [1.807, 2.05) is 9.80 Å². The van der Waals surface area contributed by atoms with Crippen LogP contribution in [0, 0.1) is 5.41 Å². The largest absolute Gasteiger partial charge is 0.508 e. The minimum absolute atomic E-state index is 0.00104. The highest BCUT2D eigenvalue weighted by Crippen LogP contribution is 2.40. The van der Waals surface area contributed by atoms with Crippen LogP contribution >= 0.6 is 0 Å². The summed E-state index contributed by atoms with van der Waals surface area (Å²) in [5, 5.41) is 18.4. The molecule has 0 saturated carbocycles. The summed E-state index contributed by atoms with van der Waals surface area (Å²) in [4.78, 5) is 28.4. The number of aromatic hydroxyl groups is 1. The molecule has 2 heterocycles. The molecule has 136 valence electrons. The van der Waals surface area contributed by atoms with Crippen molar-refractivity contribution >= 4 is 11.8 Å². The number of carbonyl (C=O) groups excluding carboxylic acids is 2. The van der Waals surface area contributed by atoms with Crippen LogP contribution < -0.4 is 0 Å². The summed E-state index contributed by atoms with van der Waals surface area (Å²) >= 11 is 0. The Morgan fingerprint density at radius 2 is 1.80 bits per heavy atom.